The van der Waals surface area contributed by atoms with Gasteiger partial charge < -0.3 is 9.84 Å². The van der Waals surface area contributed by atoms with Gasteiger partial charge in [-0.25, -0.2) is 19.1 Å². The Morgan fingerprint density at radius 2 is 1.76 bits per heavy atom. The van der Waals surface area contributed by atoms with Crippen LogP contribution in [0.4, 0.5) is 5.69 Å². The van der Waals surface area contributed by atoms with Crippen LogP contribution in [-0.4, -0.2) is 30.2 Å². The molecule has 0 amide bonds. The summed E-state index contributed by atoms with van der Waals surface area (Å²) in [5, 5.41) is 9.96. The molecular weight excluding hydrogens is 510 g/mol. The number of rotatable bonds is 8. The van der Waals surface area contributed by atoms with E-state index in [1.54, 1.807) is 60.8 Å². The third-order valence-electron chi connectivity index (χ3n) is 6.08. The highest BCUT2D eigenvalue weighted by Crippen LogP contribution is 2.24. The summed E-state index contributed by atoms with van der Waals surface area (Å²) in [5.74, 6) is -0.882. The van der Waals surface area contributed by atoms with E-state index in [-0.39, 0.29) is 12.2 Å². The molecule has 0 radical (unpaired) electrons. The largest absolute Gasteiger partial charge is 0.481 e. The van der Waals surface area contributed by atoms with Gasteiger partial charge >= 0.3 is 17.3 Å². The van der Waals surface area contributed by atoms with Crippen LogP contribution in [0.5, 0.6) is 11.5 Å². The fraction of sp³-hybridized carbons (Fsp3) is 0.222. The molecule has 4 aromatic rings. The molecule has 0 spiro atoms. The predicted octanol–water partition coefficient (Wildman–Crippen LogP) is 4.05. The van der Waals surface area contributed by atoms with Gasteiger partial charge in [0.05, 0.1) is 24.2 Å². The van der Waals surface area contributed by atoms with Gasteiger partial charge in [0, 0.05) is 23.0 Å². The summed E-state index contributed by atoms with van der Waals surface area (Å²) in [6.07, 6.45) is 1.66. The Kier molecular flexibility index (Phi) is 7.92. The Morgan fingerprint density at radius 1 is 1.08 bits per heavy atom. The summed E-state index contributed by atoms with van der Waals surface area (Å²) >= 11 is 6.00. The van der Waals surface area contributed by atoms with Crippen molar-refractivity contribution in [1.82, 2.24) is 19.1 Å². The zero-order valence-corrected chi connectivity index (χ0v) is 21.7. The lowest BCUT2D eigenvalue weighted by molar-refractivity contribution is -0.142. The summed E-state index contributed by atoms with van der Waals surface area (Å²) in [7, 11) is 0. The molecule has 38 heavy (non-hydrogen) atoms. The maximum Gasteiger partial charge on any atom is 0.335 e. The SMILES string of the molecule is Cc1cc(Oc2ccc(/N=c3\[nH]c(=O)n([C@@H](C)[C@@H](C)C(=O)O)c(=O)n3Cc3ccc(Cl)cc3)cc2)ccn1. The number of carbonyl (C=O) groups is 1. The summed E-state index contributed by atoms with van der Waals surface area (Å²) in [6.45, 7) is 4.90. The van der Waals surface area contributed by atoms with Crippen molar-refractivity contribution in [1.29, 1.82) is 0 Å². The first-order valence-electron chi connectivity index (χ1n) is 11.8. The van der Waals surface area contributed by atoms with Crippen molar-refractivity contribution >= 4 is 23.3 Å². The first-order valence-corrected chi connectivity index (χ1v) is 12.2. The van der Waals surface area contributed by atoms with E-state index in [4.69, 9.17) is 16.3 Å². The molecule has 2 atom stereocenters. The van der Waals surface area contributed by atoms with Crippen LogP contribution in [0.1, 0.15) is 31.1 Å². The number of pyridine rings is 1. The molecule has 0 aliphatic heterocycles. The van der Waals surface area contributed by atoms with Crippen molar-refractivity contribution in [2.75, 3.05) is 0 Å². The van der Waals surface area contributed by atoms with Crippen LogP contribution in [0.15, 0.2) is 81.4 Å². The Labute approximate surface area is 222 Å². The Balaban J connectivity index is 1.77. The molecule has 2 aromatic heterocycles. The van der Waals surface area contributed by atoms with Crippen molar-refractivity contribution in [2.24, 2.45) is 10.9 Å². The molecule has 0 saturated heterocycles. The van der Waals surface area contributed by atoms with Gasteiger partial charge in [-0.2, -0.15) is 0 Å². The van der Waals surface area contributed by atoms with E-state index in [1.807, 2.05) is 13.0 Å². The minimum Gasteiger partial charge on any atom is -0.481 e. The van der Waals surface area contributed by atoms with Gasteiger partial charge in [-0.1, -0.05) is 23.7 Å². The van der Waals surface area contributed by atoms with Gasteiger partial charge in [0.25, 0.3) is 0 Å². The number of aromatic nitrogens is 4. The molecule has 2 N–H and O–H groups in total. The molecular formula is C27H26ClN5O5. The van der Waals surface area contributed by atoms with E-state index in [9.17, 15) is 19.5 Å². The number of hydrogen-bond donors (Lipinski definition) is 2. The zero-order valence-electron chi connectivity index (χ0n) is 21.0. The molecule has 0 bridgehead atoms. The van der Waals surface area contributed by atoms with Gasteiger partial charge in [0.15, 0.2) is 0 Å². The molecule has 2 aromatic carbocycles. The number of H-pyrrole nitrogens is 1. The standard InChI is InChI=1S/C27H26ClN5O5/c1-16-14-23(12-13-29-16)38-22-10-8-21(9-11-22)30-25-31-26(36)33(18(3)17(2)24(34)35)27(37)32(25)15-19-4-6-20(28)7-5-19/h4-14,17-18H,15H2,1-3H3,(H,34,35)(H,30,31,36)/t17-,18+/m1/s1. The van der Waals surface area contributed by atoms with Crippen LogP contribution < -0.4 is 21.7 Å². The van der Waals surface area contributed by atoms with Crippen molar-refractivity contribution in [3.8, 4) is 11.5 Å². The Morgan fingerprint density at radius 3 is 2.39 bits per heavy atom. The average Bonchev–Trinajstić information content (AvgIpc) is 2.88. The van der Waals surface area contributed by atoms with Crippen molar-refractivity contribution in [3.63, 3.8) is 0 Å². The first kappa shape index (κ1) is 26.6. The fourth-order valence-electron chi connectivity index (χ4n) is 3.75. The van der Waals surface area contributed by atoms with E-state index in [0.29, 0.717) is 22.2 Å². The quantitative estimate of drug-likeness (QED) is 0.350. The number of nitrogens with zero attached hydrogens (tertiary/aromatic N) is 4. The van der Waals surface area contributed by atoms with Crippen LogP contribution in [0.2, 0.25) is 5.02 Å². The van der Waals surface area contributed by atoms with Gasteiger partial charge in [0.2, 0.25) is 5.62 Å². The normalized spacial score (nSPS) is 13.2. The number of aromatic amines is 1. The number of aryl methyl sites for hydroxylation is 1. The second-order valence-electron chi connectivity index (χ2n) is 8.83. The summed E-state index contributed by atoms with van der Waals surface area (Å²) in [4.78, 5) is 49.3. The molecule has 196 valence electrons. The molecule has 4 rings (SSSR count). The number of ether oxygens (including phenoxy) is 1. The minimum absolute atomic E-state index is 0.0137. The number of benzene rings is 2. The highest BCUT2D eigenvalue weighted by atomic mass is 35.5. The fourth-order valence-corrected chi connectivity index (χ4v) is 3.88. The third-order valence-corrected chi connectivity index (χ3v) is 6.33. The molecule has 0 unspecified atom stereocenters. The maximum absolute atomic E-state index is 13.5. The molecule has 2 heterocycles. The highest BCUT2D eigenvalue weighted by Gasteiger charge is 2.25. The predicted molar refractivity (Wildman–Crippen MR) is 142 cm³/mol. The summed E-state index contributed by atoms with van der Waals surface area (Å²) in [5.41, 5.74) is 0.602. The molecule has 10 nitrogen and oxygen atoms in total. The number of nitrogens with one attached hydrogen (secondary N) is 1. The van der Waals surface area contributed by atoms with E-state index < -0.39 is 29.3 Å². The van der Waals surface area contributed by atoms with Gasteiger partial charge in [0.1, 0.15) is 11.5 Å². The van der Waals surface area contributed by atoms with Crippen LogP contribution in [-0.2, 0) is 11.3 Å². The molecule has 0 fully saturated rings. The lowest BCUT2D eigenvalue weighted by Crippen LogP contribution is -2.52. The zero-order chi connectivity index (χ0) is 27.4. The van der Waals surface area contributed by atoms with Crippen LogP contribution in [0.25, 0.3) is 0 Å². The molecule has 0 aliphatic carbocycles. The number of aliphatic carboxylic acids is 1. The molecule has 11 heteroatoms. The topological polar surface area (TPSA) is 132 Å². The Hall–Kier alpha value is -4.44. The second-order valence-corrected chi connectivity index (χ2v) is 9.26. The lowest BCUT2D eigenvalue weighted by Gasteiger charge is -2.19. The van der Waals surface area contributed by atoms with Gasteiger partial charge in [-0.05, 0) is 68.8 Å². The van der Waals surface area contributed by atoms with Crippen molar-refractivity contribution in [2.45, 2.75) is 33.4 Å². The number of carboxylic acids is 1. The Bertz CT molecular complexity index is 1640. The summed E-state index contributed by atoms with van der Waals surface area (Å²) in [6, 6.07) is 16.4. The summed E-state index contributed by atoms with van der Waals surface area (Å²) < 4.78 is 8.04. The van der Waals surface area contributed by atoms with Crippen LogP contribution >= 0.6 is 11.6 Å². The molecule has 0 saturated carbocycles. The van der Waals surface area contributed by atoms with E-state index in [0.717, 1.165) is 15.8 Å². The van der Waals surface area contributed by atoms with Crippen LogP contribution in [0, 0.1) is 12.8 Å². The van der Waals surface area contributed by atoms with E-state index in [2.05, 4.69) is 15.0 Å². The van der Waals surface area contributed by atoms with E-state index >= 15 is 0 Å². The minimum atomic E-state index is -1.12. The van der Waals surface area contributed by atoms with E-state index in [1.165, 1.54) is 18.4 Å². The highest BCUT2D eigenvalue weighted by molar-refractivity contribution is 6.30. The first-order chi connectivity index (χ1) is 18.1. The maximum atomic E-state index is 13.5. The van der Waals surface area contributed by atoms with Gasteiger partial charge in [-0.15, -0.1) is 0 Å². The number of halogens is 1. The number of hydrogen-bond acceptors (Lipinski definition) is 6. The third kappa shape index (κ3) is 6.09. The van der Waals surface area contributed by atoms with Crippen molar-refractivity contribution in [3.05, 3.63) is 110 Å². The smallest absolute Gasteiger partial charge is 0.335 e. The van der Waals surface area contributed by atoms with Crippen molar-refractivity contribution < 1.29 is 14.6 Å². The average molecular weight is 536 g/mol. The monoisotopic (exact) mass is 535 g/mol. The number of carboxylic acid groups (broad SMARTS) is 1. The second kappa shape index (κ2) is 11.3. The van der Waals surface area contributed by atoms with Gasteiger partial charge in [-0.3, -0.25) is 19.3 Å². The van der Waals surface area contributed by atoms with Crippen LogP contribution in [0.3, 0.4) is 0 Å². The molecule has 0 aliphatic rings. The lowest BCUT2D eigenvalue weighted by atomic mass is 10.0.